The third kappa shape index (κ3) is 3.69. The van der Waals surface area contributed by atoms with E-state index in [0.717, 1.165) is 26.2 Å². The molecule has 5 atom stereocenters. The van der Waals surface area contributed by atoms with Crippen LogP contribution >= 0.6 is 0 Å². The van der Waals surface area contributed by atoms with Gasteiger partial charge in [-0.2, -0.15) is 0 Å². The summed E-state index contributed by atoms with van der Waals surface area (Å²) < 4.78 is 14.2. The molecule has 2 bridgehead atoms. The van der Waals surface area contributed by atoms with Crippen molar-refractivity contribution in [3.05, 3.63) is 54.4 Å². The van der Waals surface area contributed by atoms with E-state index in [9.17, 15) is 5.11 Å². The standard InChI is InChI=1S/C22H30N4O3/c1-24-9-5-8-17(24)14-23-19-18-15-28-22(29-18)20(21(19)27)26-12-10-25(11-13-26)16-6-3-2-4-7-16/h2-9,18-23,27H,10-15H2,1H3/t18-,19-,20-,21+,22-/m1/s1. The second kappa shape index (κ2) is 8.08. The van der Waals surface area contributed by atoms with E-state index in [1.165, 1.54) is 11.4 Å². The molecule has 3 saturated heterocycles. The maximum Gasteiger partial charge on any atom is 0.176 e. The lowest BCUT2D eigenvalue weighted by molar-refractivity contribution is -0.183. The summed E-state index contributed by atoms with van der Waals surface area (Å²) in [6.07, 6.45) is 1.07. The Labute approximate surface area is 171 Å². The molecule has 2 N–H and O–H groups in total. The van der Waals surface area contributed by atoms with Gasteiger partial charge in [-0.25, -0.2) is 0 Å². The number of hydrogen-bond donors (Lipinski definition) is 2. The number of nitrogens with zero attached hydrogens (tertiary/aromatic N) is 3. The van der Waals surface area contributed by atoms with Crippen LogP contribution in [0.25, 0.3) is 0 Å². The van der Waals surface area contributed by atoms with Crippen LogP contribution in [0.5, 0.6) is 0 Å². The van der Waals surface area contributed by atoms with Crippen molar-refractivity contribution < 1.29 is 14.6 Å². The Hall–Kier alpha value is -1.90. The Bertz CT molecular complexity index is 805. The molecular weight excluding hydrogens is 368 g/mol. The lowest BCUT2D eigenvalue weighted by Crippen LogP contribution is -2.66. The summed E-state index contributed by atoms with van der Waals surface area (Å²) in [4.78, 5) is 4.74. The number of aryl methyl sites for hydroxylation is 1. The van der Waals surface area contributed by atoms with Gasteiger partial charge in [0.1, 0.15) is 6.10 Å². The smallest absolute Gasteiger partial charge is 0.176 e. The van der Waals surface area contributed by atoms with Crippen LogP contribution in [0.2, 0.25) is 0 Å². The molecular formula is C22H30N4O3. The van der Waals surface area contributed by atoms with Gasteiger partial charge >= 0.3 is 0 Å². The van der Waals surface area contributed by atoms with Crippen LogP contribution in [-0.2, 0) is 23.1 Å². The number of aromatic nitrogens is 1. The molecule has 3 aliphatic heterocycles. The highest BCUT2D eigenvalue weighted by Gasteiger charge is 2.52. The van der Waals surface area contributed by atoms with Gasteiger partial charge in [-0.05, 0) is 24.3 Å². The lowest BCUT2D eigenvalue weighted by atomic mass is 9.94. The number of rotatable bonds is 5. The Morgan fingerprint density at radius 3 is 2.59 bits per heavy atom. The van der Waals surface area contributed by atoms with Crippen molar-refractivity contribution in [3.8, 4) is 0 Å². The van der Waals surface area contributed by atoms with E-state index in [-0.39, 0.29) is 24.5 Å². The van der Waals surface area contributed by atoms with Crippen molar-refractivity contribution in [2.24, 2.45) is 7.05 Å². The molecule has 7 heteroatoms. The molecule has 29 heavy (non-hydrogen) atoms. The third-order valence-electron chi connectivity index (χ3n) is 6.56. The number of aliphatic hydroxyl groups is 1. The SMILES string of the molecule is Cn1cccc1CN[C@H]1[C@H](O)[C@@H](N2CCN(c3ccccc3)CC2)[C@@H]2OC[C@H]1O2. The first-order chi connectivity index (χ1) is 14.2. The van der Waals surface area contributed by atoms with E-state index in [4.69, 9.17) is 9.47 Å². The molecule has 0 radical (unpaired) electrons. The zero-order valence-corrected chi connectivity index (χ0v) is 16.9. The molecule has 1 aromatic carbocycles. The number of nitrogens with one attached hydrogen (secondary N) is 1. The molecule has 0 spiro atoms. The molecule has 7 nitrogen and oxygen atoms in total. The Kier molecular flexibility index (Phi) is 5.32. The van der Waals surface area contributed by atoms with E-state index in [1.54, 1.807) is 0 Å². The molecule has 3 aliphatic rings. The van der Waals surface area contributed by atoms with Gasteiger partial charge in [-0.3, -0.25) is 4.90 Å². The molecule has 4 heterocycles. The number of anilines is 1. The number of hydrogen-bond acceptors (Lipinski definition) is 6. The Balaban J connectivity index is 1.24. The average molecular weight is 399 g/mol. The fraction of sp³-hybridized carbons (Fsp3) is 0.545. The highest BCUT2D eigenvalue weighted by atomic mass is 16.7. The molecule has 1 aromatic heterocycles. The topological polar surface area (TPSA) is 62.1 Å². The summed E-state index contributed by atoms with van der Waals surface area (Å²) in [6.45, 7) is 4.87. The molecule has 3 fully saturated rings. The molecule has 156 valence electrons. The van der Waals surface area contributed by atoms with Crippen molar-refractivity contribution in [1.82, 2.24) is 14.8 Å². The van der Waals surface area contributed by atoms with Crippen LogP contribution in [0.3, 0.4) is 0 Å². The van der Waals surface area contributed by atoms with Crippen molar-refractivity contribution in [1.29, 1.82) is 0 Å². The van der Waals surface area contributed by atoms with Crippen LogP contribution < -0.4 is 10.2 Å². The highest BCUT2D eigenvalue weighted by Crippen LogP contribution is 2.32. The van der Waals surface area contributed by atoms with Gasteiger partial charge in [0.15, 0.2) is 6.29 Å². The van der Waals surface area contributed by atoms with Crippen LogP contribution in [0, 0.1) is 0 Å². The van der Waals surface area contributed by atoms with Crippen molar-refractivity contribution in [3.63, 3.8) is 0 Å². The van der Waals surface area contributed by atoms with Crippen LogP contribution in [0.1, 0.15) is 5.69 Å². The van der Waals surface area contributed by atoms with Gasteiger partial charge in [0.05, 0.1) is 24.8 Å². The van der Waals surface area contributed by atoms with E-state index in [2.05, 4.69) is 50.0 Å². The minimum Gasteiger partial charge on any atom is -0.390 e. The second-order valence-electron chi connectivity index (χ2n) is 8.23. The first-order valence-corrected chi connectivity index (χ1v) is 10.5. The molecule has 0 saturated carbocycles. The summed E-state index contributed by atoms with van der Waals surface area (Å²) in [5.74, 6) is 0. The summed E-state index contributed by atoms with van der Waals surface area (Å²) in [7, 11) is 2.04. The zero-order chi connectivity index (χ0) is 19.8. The van der Waals surface area contributed by atoms with Crippen LogP contribution in [-0.4, -0.2) is 77.9 Å². The molecule has 0 unspecified atom stereocenters. The first kappa shape index (κ1) is 19.1. The number of aliphatic hydroxyl groups excluding tert-OH is 1. The summed E-state index contributed by atoms with van der Waals surface area (Å²) >= 11 is 0. The van der Waals surface area contributed by atoms with E-state index >= 15 is 0 Å². The van der Waals surface area contributed by atoms with E-state index in [0.29, 0.717) is 13.2 Å². The van der Waals surface area contributed by atoms with E-state index in [1.807, 2.05) is 25.4 Å². The molecule has 2 aromatic rings. The van der Waals surface area contributed by atoms with Gasteiger partial charge < -0.3 is 29.4 Å². The highest BCUT2D eigenvalue weighted by molar-refractivity contribution is 5.46. The number of ether oxygens (including phenoxy) is 2. The van der Waals surface area contributed by atoms with Gasteiger partial charge in [-0.1, -0.05) is 18.2 Å². The average Bonchev–Trinajstić information content (AvgIpc) is 3.36. The quantitative estimate of drug-likeness (QED) is 0.777. The van der Waals surface area contributed by atoms with Gasteiger partial charge in [0, 0.05) is 57.3 Å². The normalized spacial score (nSPS) is 32.6. The minimum absolute atomic E-state index is 0.0999. The zero-order valence-electron chi connectivity index (χ0n) is 16.9. The number of para-hydroxylation sites is 1. The number of piperazine rings is 1. The predicted octanol–water partition coefficient (Wildman–Crippen LogP) is 0.790. The van der Waals surface area contributed by atoms with Crippen molar-refractivity contribution in [2.45, 2.75) is 37.1 Å². The molecule has 5 rings (SSSR count). The summed E-state index contributed by atoms with van der Waals surface area (Å²) in [5.41, 5.74) is 2.44. The number of fused-ring (bicyclic) bond motifs is 2. The maximum absolute atomic E-state index is 11.3. The largest absolute Gasteiger partial charge is 0.390 e. The van der Waals surface area contributed by atoms with Gasteiger partial charge in [0.2, 0.25) is 0 Å². The fourth-order valence-corrected chi connectivity index (χ4v) is 4.86. The first-order valence-electron chi connectivity index (χ1n) is 10.5. The predicted molar refractivity (Wildman–Crippen MR) is 111 cm³/mol. The monoisotopic (exact) mass is 398 g/mol. The van der Waals surface area contributed by atoms with Crippen molar-refractivity contribution >= 4 is 5.69 Å². The van der Waals surface area contributed by atoms with Gasteiger partial charge in [0.25, 0.3) is 0 Å². The molecule has 0 amide bonds. The summed E-state index contributed by atoms with van der Waals surface area (Å²) in [5, 5.41) is 14.8. The Morgan fingerprint density at radius 2 is 1.86 bits per heavy atom. The Morgan fingerprint density at radius 1 is 1.07 bits per heavy atom. The third-order valence-corrected chi connectivity index (χ3v) is 6.56. The van der Waals surface area contributed by atoms with Crippen molar-refractivity contribution in [2.75, 3.05) is 37.7 Å². The number of benzene rings is 1. The molecule has 0 aliphatic carbocycles. The maximum atomic E-state index is 11.3. The van der Waals surface area contributed by atoms with Crippen LogP contribution in [0.15, 0.2) is 48.7 Å². The lowest BCUT2D eigenvalue weighted by Gasteiger charge is -2.47. The fourth-order valence-electron chi connectivity index (χ4n) is 4.86. The van der Waals surface area contributed by atoms with Crippen LogP contribution in [0.4, 0.5) is 5.69 Å². The minimum atomic E-state index is -0.523. The summed E-state index contributed by atoms with van der Waals surface area (Å²) in [6, 6.07) is 14.4. The second-order valence-corrected chi connectivity index (χ2v) is 8.23. The van der Waals surface area contributed by atoms with Gasteiger partial charge in [-0.15, -0.1) is 0 Å². The van der Waals surface area contributed by atoms with E-state index < -0.39 is 6.10 Å².